The molecular formula is C12H15N3. The molecule has 1 aliphatic heterocycles. The Morgan fingerprint density at radius 3 is 2.87 bits per heavy atom. The second-order valence-corrected chi connectivity index (χ2v) is 4.23. The van der Waals surface area contributed by atoms with E-state index in [1.54, 1.807) is 6.07 Å². The van der Waals surface area contributed by atoms with Crippen molar-refractivity contribution in [1.29, 1.82) is 5.26 Å². The largest absolute Gasteiger partial charge is 0.397 e. The van der Waals surface area contributed by atoms with Crippen molar-refractivity contribution in [3.8, 4) is 6.07 Å². The molecule has 0 spiro atoms. The summed E-state index contributed by atoms with van der Waals surface area (Å²) in [4.78, 5) is 2.29. The fourth-order valence-electron chi connectivity index (χ4n) is 2.07. The maximum atomic E-state index is 8.74. The van der Waals surface area contributed by atoms with Crippen molar-refractivity contribution in [3.63, 3.8) is 0 Å². The SMILES string of the molecule is CC1CCN(c2ccc(C#N)cc2N)C1. The van der Waals surface area contributed by atoms with E-state index >= 15 is 0 Å². The first kappa shape index (κ1) is 9.85. The van der Waals surface area contributed by atoms with E-state index in [9.17, 15) is 0 Å². The third-order valence-corrected chi connectivity index (χ3v) is 2.92. The second kappa shape index (κ2) is 3.82. The molecule has 1 aliphatic rings. The van der Waals surface area contributed by atoms with Crippen LogP contribution >= 0.6 is 0 Å². The van der Waals surface area contributed by atoms with E-state index in [-0.39, 0.29) is 0 Å². The molecule has 1 atom stereocenters. The Morgan fingerprint density at radius 2 is 2.33 bits per heavy atom. The van der Waals surface area contributed by atoms with Gasteiger partial charge in [-0.1, -0.05) is 6.92 Å². The summed E-state index contributed by atoms with van der Waals surface area (Å²) in [5, 5.41) is 8.74. The predicted octanol–water partition coefficient (Wildman–Crippen LogP) is 1.99. The third-order valence-electron chi connectivity index (χ3n) is 2.92. The van der Waals surface area contributed by atoms with Crippen LogP contribution in [0.25, 0.3) is 0 Å². The van der Waals surface area contributed by atoms with Crippen LogP contribution in [0, 0.1) is 17.2 Å². The van der Waals surface area contributed by atoms with Gasteiger partial charge in [0.05, 0.1) is 23.0 Å². The smallest absolute Gasteiger partial charge is 0.0992 e. The zero-order chi connectivity index (χ0) is 10.8. The molecular weight excluding hydrogens is 186 g/mol. The molecule has 1 unspecified atom stereocenters. The molecule has 0 aromatic heterocycles. The Balaban J connectivity index is 2.26. The summed E-state index contributed by atoms with van der Waals surface area (Å²) < 4.78 is 0. The van der Waals surface area contributed by atoms with E-state index in [1.165, 1.54) is 6.42 Å². The van der Waals surface area contributed by atoms with E-state index in [2.05, 4.69) is 17.9 Å². The van der Waals surface area contributed by atoms with E-state index in [4.69, 9.17) is 11.0 Å². The van der Waals surface area contributed by atoms with Crippen molar-refractivity contribution >= 4 is 11.4 Å². The quantitative estimate of drug-likeness (QED) is 0.707. The molecule has 0 saturated carbocycles. The minimum atomic E-state index is 0.628. The molecule has 15 heavy (non-hydrogen) atoms. The average molecular weight is 201 g/mol. The first-order valence-corrected chi connectivity index (χ1v) is 5.25. The van der Waals surface area contributed by atoms with Gasteiger partial charge in [-0.3, -0.25) is 0 Å². The van der Waals surface area contributed by atoms with Gasteiger partial charge in [0.1, 0.15) is 0 Å². The van der Waals surface area contributed by atoms with Crippen LogP contribution < -0.4 is 10.6 Å². The average Bonchev–Trinajstić information content (AvgIpc) is 2.64. The second-order valence-electron chi connectivity index (χ2n) is 4.23. The first-order chi connectivity index (χ1) is 7.20. The number of nitrogens with zero attached hydrogens (tertiary/aromatic N) is 2. The molecule has 0 radical (unpaired) electrons. The normalized spacial score (nSPS) is 20.3. The van der Waals surface area contributed by atoms with E-state index < -0.39 is 0 Å². The highest BCUT2D eigenvalue weighted by Gasteiger charge is 2.20. The Kier molecular flexibility index (Phi) is 2.51. The molecule has 3 nitrogen and oxygen atoms in total. The van der Waals surface area contributed by atoms with Gasteiger partial charge in [0, 0.05) is 13.1 Å². The topological polar surface area (TPSA) is 53.0 Å². The highest BCUT2D eigenvalue weighted by Crippen LogP contribution is 2.29. The minimum absolute atomic E-state index is 0.628. The molecule has 2 rings (SSSR count). The number of rotatable bonds is 1. The fourth-order valence-corrected chi connectivity index (χ4v) is 2.07. The van der Waals surface area contributed by atoms with Gasteiger partial charge in [0.15, 0.2) is 0 Å². The molecule has 0 aliphatic carbocycles. The summed E-state index contributed by atoms with van der Waals surface area (Å²) in [6.07, 6.45) is 1.22. The van der Waals surface area contributed by atoms with Gasteiger partial charge in [-0.15, -0.1) is 0 Å². The van der Waals surface area contributed by atoms with Gasteiger partial charge < -0.3 is 10.6 Å². The third kappa shape index (κ3) is 1.89. The molecule has 2 N–H and O–H groups in total. The minimum Gasteiger partial charge on any atom is -0.397 e. The molecule has 1 fully saturated rings. The summed E-state index contributed by atoms with van der Waals surface area (Å²) in [6.45, 7) is 4.38. The standard InChI is InChI=1S/C12H15N3/c1-9-4-5-15(8-9)12-3-2-10(7-13)6-11(12)14/h2-3,6,9H,4-5,8,14H2,1H3. The number of nitrogens with two attached hydrogens (primary N) is 1. The molecule has 0 bridgehead atoms. The van der Waals surface area contributed by atoms with Gasteiger partial charge in [-0.25, -0.2) is 0 Å². The van der Waals surface area contributed by atoms with Crippen LogP contribution in [-0.4, -0.2) is 13.1 Å². The fraction of sp³-hybridized carbons (Fsp3) is 0.417. The van der Waals surface area contributed by atoms with E-state index in [0.29, 0.717) is 11.3 Å². The summed E-state index contributed by atoms with van der Waals surface area (Å²) >= 11 is 0. The van der Waals surface area contributed by atoms with Gasteiger partial charge in [-0.05, 0) is 30.5 Å². The molecule has 0 amide bonds. The number of benzene rings is 1. The van der Waals surface area contributed by atoms with Crippen LogP contribution in [0.2, 0.25) is 0 Å². The number of nitrogen functional groups attached to an aromatic ring is 1. The highest BCUT2D eigenvalue weighted by atomic mass is 15.2. The maximum Gasteiger partial charge on any atom is 0.0992 e. The summed E-state index contributed by atoms with van der Waals surface area (Å²) in [5.74, 6) is 0.736. The van der Waals surface area contributed by atoms with Crippen LogP contribution in [0.5, 0.6) is 0 Å². The van der Waals surface area contributed by atoms with Gasteiger partial charge >= 0.3 is 0 Å². The van der Waals surface area contributed by atoms with Crippen molar-refractivity contribution in [3.05, 3.63) is 23.8 Å². The molecule has 1 heterocycles. The van der Waals surface area contributed by atoms with Crippen LogP contribution in [-0.2, 0) is 0 Å². The Hall–Kier alpha value is -1.69. The lowest BCUT2D eigenvalue weighted by Gasteiger charge is -2.20. The molecule has 78 valence electrons. The number of nitriles is 1. The van der Waals surface area contributed by atoms with Gasteiger partial charge in [0.25, 0.3) is 0 Å². The molecule has 1 saturated heterocycles. The lowest BCUT2D eigenvalue weighted by molar-refractivity contribution is 0.659. The maximum absolute atomic E-state index is 8.74. The van der Waals surface area contributed by atoms with Crippen molar-refractivity contribution in [2.75, 3.05) is 23.7 Å². The van der Waals surface area contributed by atoms with Gasteiger partial charge in [-0.2, -0.15) is 5.26 Å². The van der Waals surface area contributed by atoms with Crippen LogP contribution in [0.4, 0.5) is 11.4 Å². The Morgan fingerprint density at radius 1 is 1.53 bits per heavy atom. The monoisotopic (exact) mass is 201 g/mol. The number of hydrogen-bond acceptors (Lipinski definition) is 3. The zero-order valence-corrected chi connectivity index (χ0v) is 8.90. The van der Waals surface area contributed by atoms with Crippen LogP contribution in [0.15, 0.2) is 18.2 Å². The lowest BCUT2D eigenvalue weighted by Crippen LogP contribution is -2.20. The summed E-state index contributed by atoms with van der Waals surface area (Å²) in [6, 6.07) is 7.62. The number of anilines is 2. The Labute approximate surface area is 90.1 Å². The molecule has 1 aromatic carbocycles. The van der Waals surface area contributed by atoms with Crippen LogP contribution in [0.3, 0.4) is 0 Å². The Bertz CT molecular complexity index is 406. The summed E-state index contributed by atoms with van der Waals surface area (Å²) in [7, 11) is 0. The van der Waals surface area contributed by atoms with Crippen LogP contribution in [0.1, 0.15) is 18.9 Å². The molecule has 1 aromatic rings. The van der Waals surface area contributed by atoms with Crippen molar-refractivity contribution in [2.45, 2.75) is 13.3 Å². The first-order valence-electron chi connectivity index (χ1n) is 5.25. The predicted molar refractivity (Wildman–Crippen MR) is 61.6 cm³/mol. The van der Waals surface area contributed by atoms with Crippen molar-refractivity contribution in [2.24, 2.45) is 5.92 Å². The number of hydrogen-bond donors (Lipinski definition) is 1. The highest BCUT2D eigenvalue weighted by molar-refractivity contribution is 5.69. The zero-order valence-electron chi connectivity index (χ0n) is 8.90. The molecule has 3 heteroatoms. The van der Waals surface area contributed by atoms with E-state index in [0.717, 1.165) is 24.7 Å². The van der Waals surface area contributed by atoms with E-state index in [1.807, 2.05) is 12.1 Å². The van der Waals surface area contributed by atoms with Crippen molar-refractivity contribution < 1.29 is 0 Å². The van der Waals surface area contributed by atoms with Crippen molar-refractivity contribution in [1.82, 2.24) is 0 Å². The van der Waals surface area contributed by atoms with Gasteiger partial charge in [0.2, 0.25) is 0 Å². The summed E-state index contributed by atoms with van der Waals surface area (Å²) in [5.41, 5.74) is 8.34. The lowest BCUT2D eigenvalue weighted by atomic mass is 10.1.